The number of ether oxygens (including phenoxy) is 2. The number of rotatable bonds is 4. The topological polar surface area (TPSA) is 67.8 Å². The fraction of sp³-hybridized carbons (Fsp3) is 0.500. The highest BCUT2D eigenvalue weighted by molar-refractivity contribution is 5.97. The molecule has 2 atom stereocenters. The number of nitrogens with one attached hydrogen (secondary N) is 1. The van der Waals surface area contributed by atoms with Crippen molar-refractivity contribution >= 4 is 5.91 Å². The van der Waals surface area contributed by atoms with Gasteiger partial charge in [0.15, 0.2) is 0 Å². The molecule has 0 bridgehead atoms. The van der Waals surface area contributed by atoms with E-state index in [4.69, 9.17) is 9.47 Å². The quantitative estimate of drug-likeness (QED) is 0.869. The Morgan fingerprint density at radius 3 is 2.95 bits per heavy atom. The average Bonchev–Trinajstić information content (AvgIpc) is 2.92. The zero-order chi connectivity index (χ0) is 13.8. The van der Waals surface area contributed by atoms with E-state index in [1.807, 2.05) is 6.92 Å². The Morgan fingerprint density at radius 2 is 2.37 bits per heavy atom. The first-order valence-corrected chi connectivity index (χ1v) is 6.41. The predicted octanol–water partition coefficient (Wildman–Crippen LogP) is 1.70. The van der Waals surface area contributed by atoms with Crippen LogP contribution in [0.25, 0.3) is 0 Å². The first-order chi connectivity index (χ1) is 9.11. The van der Waals surface area contributed by atoms with E-state index in [1.54, 1.807) is 12.1 Å². The SMILES string of the molecule is COc1ccc(C(=O)NC(C)C2CCCO2)c(O)c1. The van der Waals surface area contributed by atoms with Gasteiger partial charge in [-0.1, -0.05) is 0 Å². The van der Waals surface area contributed by atoms with Gasteiger partial charge in [0.05, 0.1) is 24.8 Å². The summed E-state index contributed by atoms with van der Waals surface area (Å²) in [5, 5.41) is 12.7. The van der Waals surface area contributed by atoms with Crippen LogP contribution in [0.5, 0.6) is 11.5 Å². The zero-order valence-electron chi connectivity index (χ0n) is 11.2. The third-order valence-corrected chi connectivity index (χ3v) is 3.33. The molecule has 0 aliphatic carbocycles. The Kier molecular flexibility index (Phi) is 4.27. The molecule has 1 aromatic carbocycles. The minimum Gasteiger partial charge on any atom is -0.507 e. The maximum absolute atomic E-state index is 12.1. The van der Waals surface area contributed by atoms with E-state index >= 15 is 0 Å². The van der Waals surface area contributed by atoms with Crippen LogP contribution in [0.15, 0.2) is 18.2 Å². The monoisotopic (exact) mass is 265 g/mol. The second-order valence-corrected chi connectivity index (χ2v) is 4.70. The summed E-state index contributed by atoms with van der Waals surface area (Å²) in [6.07, 6.45) is 2.04. The summed E-state index contributed by atoms with van der Waals surface area (Å²) < 4.78 is 10.5. The van der Waals surface area contributed by atoms with Crippen molar-refractivity contribution in [2.75, 3.05) is 13.7 Å². The molecule has 1 fully saturated rings. The molecule has 104 valence electrons. The maximum Gasteiger partial charge on any atom is 0.255 e. The van der Waals surface area contributed by atoms with Crippen molar-refractivity contribution in [2.45, 2.75) is 31.9 Å². The molecule has 1 aliphatic heterocycles. The fourth-order valence-electron chi connectivity index (χ4n) is 2.20. The Morgan fingerprint density at radius 1 is 1.58 bits per heavy atom. The van der Waals surface area contributed by atoms with Gasteiger partial charge >= 0.3 is 0 Å². The smallest absolute Gasteiger partial charge is 0.255 e. The minimum absolute atomic E-state index is 0.0596. The molecule has 1 heterocycles. The number of methoxy groups -OCH3 is 1. The van der Waals surface area contributed by atoms with Crippen LogP contribution >= 0.6 is 0 Å². The number of phenols is 1. The van der Waals surface area contributed by atoms with Gasteiger partial charge in [0, 0.05) is 12.7 Å². The number of amides is 1. The van der Waals surface area contributed by atoms with Gasteiger partial charge in [-0.25, -0.2) is 0 Å². The van der Waals surface area contributed by atoms with Gasteiger partial charge < -0.3 is 19.9 Å². The highest BCUT2D eigenvalue weighted by Crippen LogP contribution is 2.24. The summed E-state index contributed by atoms with van der Waals surface area (Å²) in [4.78, 5) is 12.1. The molecule has 2 rings (SSSR count). The lowest BCUT2D eigenvalue weighted by atomic mass is 10.1. The summed E-state index contributed by atoms with van der Waals surface area (Å²) in [5.74, 6) is 0.126. The second kappa shape index (κ2) is 5.93. The van der Waals surface area contributed by atoms with Crippen molar-refractivity contribution in [2.24, 2.45) is 0 Å². The third-order valence-electron chi connectivity index (χ3n) is 3.33. The average molecular weight is 265 g/mol. The maximum atomic E-state index is 12.1. The van der Waals surface area contributed by atoms with Gasteiger partial charge in [0.25, 0.3) is 5.91 Å². The van der Waals surface area contributed by atoms with Crippen LogP contribution in [-0.4, -0.2) is 36.9 Å². The summed E-state index contributed by atoms with van der Waals surface area (Å²) in [6, 6.07) is 4.54. The highest BCUT2D eigenvalue weighted by atomic mass is 16.5. The van der Waals surface area contributed by atoms with Crippen LogP contribution in [-0.2, 0) is 4.74 Å². The summed E-state index contributed by atoms with van der Waals surface area (Å²) in [6.45, 7) is 2.66. The van der Waals surface area contributed by atoms with E-state index < -0.39 is 0 Å². The Balaban J connectivity index is 2.02. The lowest BCUT2D eigenvalue weighted by Crippen LogP contribution is -2.40. The van der Waals surface area contributed by atoms with Crippen molar-refractivity contribution in [3.8, 4) is 11.5 Å². The van der Waals surface area contributed by atoms with E-state index in [0.717, 1.165) is 19.4 Å². The minimum atomic E-state index is -0.303. The summed E-state index contributed by atoms with van der Waals surface area (Å²) in [5.41, 5.74) is 0.241. The largest absolute Gasteiger partial charge is 0.507 e. The molecule has 0 radical (unpaired) electrons. The molecule has 2 unspecified atom stereocenters. The summed E-state index contributed by atoms with van der Waals surface area (Å²) in [7, 11) is 1.51. The third kappa shape index (κ3) is 3.17. The van der Waals surface area contributed by atoms with E-state index in [0.29, 0.717) is 5.75 Å². The molecule has 1 amide bonds. The van der Waals surface area contributed by atoms with E-state index in [-0.39, 0.29) is 29.4 Å². The van der Waals surface area contributed by atoms with Crippen molar-refractivity contribution in [3.63, 3.8) is 0 Å². The Hall–Kier alpha value is -1.75. The summed E-state index contributed by atoms with van der Waals surface area (Å²) >= 11 is 0. The zero-order valence-corrected chi connectivity index (χ0v) is 11.2. The number of aromatic hydroxyl groups is 1. The van der Waals surface area contributed by atoms with Gasteiger partial charge in [-0.2, -0.15) is 0 Å². The fourth-order valence-corrected chi connectivity index (χ4v) is 2.20. The van der Waals surface area contributed by atoms with Gasteiger partial charge in [-0.3, -0.25) is 4.79 Å². The van der Waals surface area contributed by atoms with Crippen molar-refractivity contribution in [1.29, 1.82) is 0 Å². The number of benzene rings is 1. The molecule has 2 N–H and O–H groups in total. The molecular formula is C14H19NO4. The van der Waals surface area contributed by atoms with Crippen molar-refractivity contribution < 1.29 is 19.4 Å². The lowest BCUT2D eigenvalue weighted by Gasteiger charge is -2.20. The van der Waals surface area contributed by atoms with Crippen molar-refractivity contribution in [1.82, 2.24) is 5.32 Å². The van der Waals surface area contributed by atoms with E-state index in [9.17, 15) is 9.90 Å². The lowest BCUT2D eigenvalue weighted by molar-refractivity contribution is 0.0711. The van der Waals surface area contributed by atoms with Gasteiger partial charge in [-0.15, -0.1) is 0 Å². The van der Waals surface area contributed by atoms with Crippen LogP contribution in [0, 0.1) is 0 Å². The Labute approximate surface area is 112 Å². The molecule has 5 heteroatoms. The molecule has 1 aromatic rings. The normalized spacial score (nSPS) is 20.0. The van der Waals surface area contributed by atoms with E-state index in [2.05, 4.69) is 5.32 Å². The number of carbonyl (C=O) groups excluding carboxylic acids is 1. The predicted molar refractivity (Wildman–Crippen MR) is 70.6 cm³/mol. The van der Waals surface area contributed by atoms with Crippen LogP contribution in [0.3, 0.4) is 0 Å². The molecule has 1 aliphatic rings. The van der Waals surface area contributed by atoms with Gasteiger partial charge in [0.1, 0.15) is 11.5 Å². The molecule has 1 saturated heterocycles. The van der Waals surface area contributed by atoms with Crippen molar-refractivity contribution in [3.05, 3.63) is 23.8 Å². The van der Waals surface area contributed by atoms with Gasteiger partial charge in [0.2, 0.25) is 0 Å². The number of phenolic OH excluding ortho intramolecular Hbond substituents is 1. The number of hydrogen-bond acceptors (Lipinski definition) is 4. The second-order valence-electron chi connectivity index (χ2n) is 4.70. The van der Waals surface area contributed by atoms with Crippen LogP contribution in [0.4, 0.5) is 0 Å². The number of hydrogen-bond donors (Lipinski definition) is 2. The molecule has 19 heavy (non-hydrogen) atoms. The van der Waals surface area contributed by atoms with Gasteiger partial charge in [-0.05, 0) is 31.9 Å². The first kappa shape index (κ1) is 13.7. The Bertz CT molecular complexity index is 455. The standard InChI is InChI=1S/C14H19NO4/c1-9(13-4-3-7-19-13)15-14(17)11-6-5-10(18-2)8-12(11)16/h5-6,8-9,13,16H,3-4,7H2,1-2H3,(H,15,17). The first-order valence-electron chi connectivity index (χ1n) is 6.41. The molecule has 5 nitrogen and oxygen atoms in total. The molecule has 0 saturated carbocycles. The highest BCUT2D eigenvalue weighted by Gasteiger charge is 2.24. The van der Waals surface area contributed by atoms with Crippen LogP contribution in [0.2, 0.25) is 0 Å². The molecule has 0 spiro atoms. The number of carbonyl (C=O) groups is 1. The van der Waals surface area contributed by atoms with Crippen LogP contribution in [0.1, 0.15) is 30.1 Å². The van der Waals surface area contributed by atoms with E-state index in [1.165, 1.54) is 13.2 Å². The van der Waals surface area contributed by atoms with Crippen LogP contribution < -0.4 is 10.1 Å². The molecule has 0 aromatic heterocycles. The molecular weight excluding hydrogens is 246 g/mol.